The largest absolute Gasteiger partial charge is 0.496 e. The van der Waals surface area contributed by atoms with Crippen LogP contribution in [0.15, 0.2) is 42.5 Å². The Balaban J connectivity index is 2.00. The highest BCUT2D eigenvalue weighted by molar-refractivity contribution is 7.92. The SMILES string of the molecule is CCC(NC(=O)CCCN(c1ccccc1C)S(C)(=O)=O)c1ccc(OC)c(C)c1. The summed E-state index contributed by atoms with van der Waals surface area (Å²) in [6.45, 7) is 6.13. The van der Waals surface area contributed by atoms with Crippen LogP contribution in [-0.4, -0.2) is 34.2 Å². The fourth-order valence-corrected chi connectivity index (χ4v) is 4.52. The molecule has 0 fully saturated rings. The Kier molecular flexibility index (Phi) is 8.29. The Morgan fingerprint density at radius 2 is 1.83 bits per heavy atom. The highest BCUT2D eigenvalue weighted by Crippen LogP contribution is 2.25. The minimum atomic E-state index is -3.43. The molecular weight excluding hydrogens is 400 g/mol. The van der Waals surface area contributed by atoms with Crippen LogP contribution >= 0.6 is 0 Å². The van der Waals surface area contributed by atoms with Gasteiger partial charge in [-0.3, -0.25) is 9.10 Å². The number of sulfonamides is 1. The van der Waals surface area contributed by atoms with Gasteiger partial charge in [-0.05, 0) is 55.5 Å². The van der Waals surface area contributed by atoms with E-state index < -0.39 is 10.0 Å². The van der Waals surface area contributed by atoms with Gasteiger partial charge in [0.2, 0.25) is 15.9 Å². The van der Waals surface area contributed by atoms with Crippen molar-refractivity contribution in [3.05, 3.63) is 59.2 Å². The van der Waals surface area contributed by atoms with Gasteiger partial charge < -0.3 is 10.1 Å². The summed E-state index contributed by atoms with van der Waals surface area (Å²) in [5.74, 6) is 0.727. The minimum absolute atomic E-state index is 0.0893. The molecule has 0 aliphatic heterocycles. The molecule has 0 saturated carbocycles. The number of rotatable bonds is 10. The van der Waals surface area contributed by atoms with Crippen LogP contribution in [0.5, 0.6) is 5.75 Å². The number of hydrogen-bond acceptors (Lipinski definition) is 4. The van der Waals surface area contributed by atoms with Crippen LogP contribution in [0.25, 0.3) is 0 Å². The van der Waals surface area contributed by atoms with E-state index in [1.54, 1.807) is 13.2 Å². The Bertz CT molecular complexity index is 973. The number of nitrogens with zero attached hydrogens (tertiary/aromatic N) is 1. The highest BCUT2D eigenvalue weighted by atomic mass is 32.2. The van der Waals surface area contributed by atoms with E-state index in [1.165, 1.54) is 10.6 Å². The second kappa shape index (κ2) is 10.5. The number of amides is 1. The molecule has 0 bridgehead atoms. The van der Waals surface area contributed by atoms with Crippen molar-refractivity contribution in [1.29, 1.82) is 0 Å². The third-order valence-electron chi connectivity index (χ3n) is 5.11. The number of para-hydroxylation sites is 1. The molecule has 2 aromatic rings. The van der Waals surface area contributed by atoms with Crippen LogP contribution < -0.4 is 14.4 Å². The Morgan fingerprint density at radius 3 is 2.40 bits per heavy atom. The fraction of sp³-hybridized carbons (Fsp3) is 0.435. The third-order valence-corrected chi connectivity index (χ3v) is 6.29. The molecule has 0 aliphatic carbocycles. The third kappa shape index (κ3) is 6.23. The topological polar surface area (TPSA) is 75.7 Å². The van der Waals surface area contributed by atoms with E-state index in [1.807, 2.05) is 57.2 Å². The van der Waals surface area contributed by atoms with E-state index >= 15 is 0 Å². The van der Waals surface area contributed by atoms with Gasteiger partial charge in [-0.2, -0.15) is 0 Å². The average Bonchev–Trinajstić information content (AvgIpc) is 2.69. The molecule has 6 nitrogen and oxygen atoms in total. The van der Waals surface area contributed by atoms with Crippen molar-refractivity contribution >= 4 is 21.6 Å². The van der Waals surface area contributed by atoms with E-state index in [0.29, 0.717) is 12.1 Å². The predicted molar refractivity (Wildman–Crippen MR) is 122 cm³/mol. The van der Waals surface area contributed by atoms with Crippen LogP contribution in [-0.2, 0) is 14.8 Å². The van der Waals surface area contributed by atoms with Crippen LogP contribution in [0, 0.1) is 13.8 Å². The fourth-order valence-electron chi connectivity index (χ4n) is 3.50. The van der Waals surface area contributed by atoms with E-state index in [0.717, 1.165) is 28.9 Å². The molecule has 1 unspecified atom stereocenters. The van der Waals surface area contributed by atoms with Gasteiger partial charge in [0.05, 0.1) is 25.1 Å². The molecule has 0 aromatic heterocycles. The molecule has 1 N–H and O–H groups in total. The van der Waals surface area contributed by atoms with Crippen molar-refractivity contribution in [3.8, 4) is 5.75 Å². The maximum absolute atomic E-state index is 12.5. The number of hydrogen-bond donors (Lipinski definition) is 1. The molecule has 1 atom stereocenters. The quantitative estimate of drug-likeness (QED) is 0.613. The molecular formula is C23H32N2O4S. The summed E-state index contributed by atoms with van der Waals surface area (Å²) in [7, 11) is -1.79. The molecule has 164 valence electrons. The zero-order chi connectivity index (χ0) is 22.3. The molecule has 0 radical (unpaired) electrons. The van der Waals surface area contributed by atoms with Gasteiger partial charge in [0.25, 0.3) is 0 Å². The van der Waals surface area contributed by atoms with Gasteiger partial charge in [0.15, 0.2) is 0 Å². The second-order valence-electron chi connectivity index (χ2n) is 7.48. The summed E-state index contributed by atoms with van der Waals surface area (Å²) in [5, 5.41) is 3.06. The molecule has 1 amide bonds. The van der Waals surface area contributed by atoms with Crippen molar-refractivity contribution in [2.45, 2.75) is 46.1 Å². The van der Waals surface area contributed by atoms with Gasteiger partial charge in [0.1, 0.15) is 5.75 Å². The number of ether oxygens (including phenoxy) is 1. The van der Waals surface area contributed by atoms with Gasteiger partial charge in [-0.25, -0.2) is 8.42 Å². The molecule has 0 aliphatic rings. The number of carbonyl (C=O) groups is 1. The molecule has 0 saturated heterocycles. The van der Waals surface area contributed by atoms with E-state index in [4.69, 9.17) is 4.74 Å². The average molecular weight is 433 g/mol. The lowest BCUT2D eigenvalue weighted by atomic mass is 10.0. The van der Waals surface area contributed by atoms with E-state index in [2.05, 4.69) is 5.32 Å². The number of benzene rings is 2. The first-order valence-electron chi connectivity index (χ1n) is 10.1. The summed E-state index contributed by atoms with van der Waals surface area (Å²) < 4.78 is 31.2. The van der Waals surface area contributed by atoms with E-state index in [-0.39, 0.29) is 24.9 Å². The van der Waals surface area contributed by atoms with Gasteiger partial charge in [0, 0.05) is 13.0 Å². The van der Waals surface area contributed by atoms with Crippen molar-refractivity contribution in [2.75, 3.05) is 24.2 Å². The van der Waals surface area contributed by atoms with Crippen molar-refractivity contribution in [2.24, 2.45) is 0 Å². The Hall–Kier alpha value is -2.54. The summed E-state index contributed by atoms with van der Waals surface area (Å²) >= 11 is 0. The first-order valence-corrected chi connectivity index (χ1v) is 12.0. The molecule has 2 aromatic carbocycles. The van der Waals surface area contributed by atoms with E-state index in [9.17, 15) is 13.2 Å². The number of anilines is 1. The van der Waals surface area contributed by atoms with Gasteiger partial charge in [-0.1, -0.05) is 37.3 Å². The van der Waals surface area contributed by atoms with Crippen LogP contribution in [0.1, 0.15) is 48.9 Å². The Labute approximate surface area is 180 Å². The number of nitrogens with one attached hydrogen (secondary N) is 1. The summed E-state index contributed by atoms with van der Waals surface area (Å²) in [4.78, 5) is 12.5. The maximum Gasteiger partial charge on any atom is 0.232 e. The molecule has 30 heavy (non-hydrogen) atoms. The normalized spacial score (nSPS) is 12.3. The lowest BCUT2D eigenvalue weighted by Crippen LogP contribution is -2.33. The van der Waals surface area contributed by atoms with Crippen LogP contribution in [0.3, 0.4) is 0 Å². The van der Waals surface area contributed by atoms with Crippen molar-refractivity contribution < 1.29 is 17.9 Å². The smallest absolute Gasteiger partial charge is 0.232 e. The minimum Gasteiger partial charge on any atom is -0.496 e. The summed E-state index contributed by atoms with van der Waals surface area (Å²) in [6, 6.07) is 13.2. The van der Waals surface area contributed by atoms with Crippen LogP contribution in [0.2, 0.25) is 0 Å². The molecule has 7 heteroatoms. The predicted octanol–water partition coefficient (Wildman–Crippen LogP) is 4.13. The summed E-state index contributed by atoms with van der Waals surface area (Å²) in [6.07, 6.45) is 2.64. The lowest BCUT2D eigenvalue weighted by molar-refractivity contribution is -0.121. The summed E-state index contributed by atoms with van der Waals surface area (Å²) in [5.41, 5.74) is 3.58. The van der Waals surface area contributed by atoms with Gasteiger partial charge in [-0.15, -0.1) is 0 Å². The zero-order valence-corrected chi connectivity index (χ0v) is 19.3. The number of aryl methyl sites for hydroxylation is 2. The van der Waals surface area contributed by atoms with Crippen molar-refractivity contribution in [1.82, 2.24) is 5.32 Å². The van der Waals surface area contributed by atoms with Gasteiger partial charge >= 0.3 is 0 Å². The van der Waals surface area contributed by atoms with Crippen LogP contribution in [0.4, 0.5) is 5.69 Å². The highest BCUT2D eigenvalue weighted by Gasteiger charge is 2.20. The van der Waals surface area contributed by atoms with Crippen molar-refractivity contribution in [3.63, 3.8) is 0 Å². The first-order chi connectivity index (χ1) is 14.2. The second-order valence-corrected chi connectivity index (χ2v) is 9.39. The molecule has 0 heterocycles. The number of carbonyl (C=O) groups excluding carboxylic acids is 1. The monoisotopic (exact) mass is 432 g/mol. The molecule has 2 rings (SSSR count). The zero-order valence-electron chi connectivity index (χ0n) is 18.4. The lowest BCUT2D eigenvalue weighted by Gasteiger charge is -2.24. The Morgan fingerprint density at radius 1 is 1.13 bits per heavy atom. The first kappa shape index (κ1) is 23.7. The maximum atomic E-state index is 12.5. The standard InChI is InChI=1S/C23H32N2O4S/c1-6-20(19-13-14-22(29-4)18(3)16-19)24-23(26)12-9-15-25(30(5,27)28)21-11-8-7-10-17(21)2/h7-8,10-11,13-14,16,20H,6,9,12,15H2,1-5H3,(H,24,26). The number of methoxy groups -OCH3 is 1. The molecule has 0 spiro atoms.